The Labute approximate surface area is 57.7 Å². The molecule has 0 saturated heterocycles. The Kier molecular flexibility index (Phi) is 7.15. The third kappa shape index (κ3) is 7.54. The number of allylic oxidation sites excluding steroid dienone is 1. The monoisotopic (exact) mass is 128 g/mol. The zero-order valence-electron chi connectivity index (χ0n) is 6.39. The topological polar surface area (TPSA) is 9.23 Å². The summed E-state index contributed by atoms with van der Waals surface area (Å²) in [6.07, 6.45) is 7.24. The molecule has 0 unspecified atom stereocenters. The van der Waals surface area contributed by atoms with E-state index < -0.39 is 0 Å². The third-order valence-electron chi connectivity index (χ3n) is 1.04. The van der Waals surface area contributed by atoms with Crippen LogP contribution in [0.5, 0.6) is 0 Å². The summed E-state index contributed by atoms with van der Waals surface area (Å²) in [4.78, 5) is 0. The maximum Gasteiger partial charge on any atom is 0.0873 e. The van der Waals surface area contributed by atoms with E-state index in [0.717, 1.165) is 19.4 Å². The molecule has 0 aliphatic carbocycles. The molecule has 1 heteroatoms. The van der Waals surface area contributed by atoms with Crippen LogP contribution in [0.2, 0.25) is 0 Å². The van der Waals surface area contributed by atoms with Crippen molar-refractivity contribution in [1.82, 2.24) is 0 Å². The molecular formula is C8H16O. The maximum atomic E-state index is 5.13. The zero-order chi connectivity index (χ0) is 6.95. The lowest BCUT2D eigenvalue weighted by Crippen LogP contribution is -1.84. The standard InChI is InChI=1S/C8H16O/c1-3-5-7-9-8-6-4-2/h5,7H,3-4,6,8H2,1-2H3/b7-5-. The molecule has 0 atom stereocenters. The first-order chi connectivity index (χ1) is 4.41. The van der Waals surface area contributed by atoms with Gasteiger partial charge in [-0.1, -0.05) is 26.3 Å². The first-order valence-electron chi connectivity index (χ1n) is 3.68. The molecule has 0 heterocycles. The Morgan fingerprint density at radius 3 is 2.67 bits per heavy atom. The second-order valence-corrected chi connectivity index (χ2v) is 2.00. The van der Waals surface area contributed by atoms with Crippen LogP contribution in [0.1, 0.15) is 33.1 Å². The van der Waals surface area contributed by atoms with E-state index in [1.165, 1.54) is 6.42 Å². The lowest BCUT2D eigenvalue weighted by molar-refractivity contribution is 0.243. The molecule has 0 saturated carbocycles. The summed E-state index contributed by atoms with van der Waals surface area (Å²) in [6.45, 7) is 5.12. The molecule has 0 aromatic heterocycles. The van der Waals surface area contributed by atoms with Crippen LogP contribution in [-0.4, -0.2) is 6.61 Å². The summed E-state index contributed by atoms with van der Waals surface area (Å²) in [6, 6.07) is 0. The second-order valence-electron chi connectivity index (χ2n) is 2.00. The zero-order valence-corrected chi connectivity index (χ0v) is 6.39. The van der Waals surface area contributed by atoms with Crippen LogP contribution in [0, 0.1) is 0 Å². The molecule has 0 aromatic carbocycles. The molecule has 0 rings (SSSR count). The van der Waals surface area contributed by atoms with E-state index in [0.29, 0.717) is 0 Å². The van der Waals surface area contributed by atoms with Gasteiger partial charge < -0.3 is 4.74 Å². The van der Waals surface area contributed by atoms with Crippen molar-refractivity contribution in [2.45, 2.75) is 33.1 Å². The van der Waals surface area contributed by atoms with E-state index in [9.17, 15) is 0 Å². The average Bonchev–Trinajstić information content (AvgIpc) is 1.89. The highest BCUT2D eigenvalue weighted by Crippen LogP contribution is 1.88. The van der Waals surface area contributed by atoms with Gasteiger partial charge in [0, 0.05) is 0 Å². The van der Waals surface area contributed by atoms with Gasteiger partial charge in [-0.05, 0) is 12.8 Å². The lowest BCUT2D eigenvalue weighted by atomic mass is 10.4. The van der Waals surface area contributed by atoms with Gasteiger partial charge in [0.2, 0.25) is 0 Å². The highest BCUT2D eigenvalue weighted by Gasteiger charge is 1.78. The molecule has 0 radical (unpaired) electrons. The fourth-order valence-electron chi connectivity index (χ4n) is 0.460. The molecule has 0 amide bonds. The number of hydrogen-bond acceptors (Lipinski definition) is 1. The molecule has 0 aliphatic heterocycles. The van der Waals surface area contributed by atoms with E-state index >= 15 is 0 Å². The van der Waals surface area contributed by atoms with Gasteiger partial charge in [0.05, 0.1) is 12.9 Å². The van der Waals surface area contributed by atoms with Crippen molar-refractivity contribution in [3.63, 3.8) is 0 Å². The van der Waals surface area contributed by atoms with Crippen LogP contribution < -0.4 is 0 Å². The highest BCUT2D eigenvalue weighted by molar-refractivity contribution is 4.70. The van der Waals surface area contributed by atoms with E-state index in [1.807, 2.05) is 6.08 Å². The SMILES string of the molecule is CC/C=C\OCCCC. The van der Waals surface area contributed by atoms with E-state index in [1.54, 1.807) is 6.26 Å². The van der Waals surface area contributed by atoms with Crippen molar-refractivity contribution in [3.8, 4) is 0 Å². The summed E-state index contributed by atoms with van der Waals surface area (Å²) in [5.74, 6) is 0. The van der Waals surface area contributed by atoms with Gasteiger partial charge in [-0.3, -0.25) is 0 Å². The van der Waals surface area contributed by atoms with Gasteiger partial charge >= 0.3 is 0 Å². The van der Waals surface area contributed by atoms with Gasteiger partial charge in [0.1, 0.15) is 0 Å². The minimum absolute atomic E-state index is 0.868. The number of hydrogen-bond donors (Lipinski definition) is 0. The lowest BCUT2D eigenvalue weighted by Gasteiger charge is -1.95. The van der Waals surface area contributed by atoms with Gasteiger partial charge in [-0.25, -0.2) is 0 Å². The predicted octanol–water partition coefficient (Wildman–Crippen LogP) is 2.73. The van der Waals surface area contributed by atoms with E-state index in [4.69, 9.17) is 4.74 Å². The molecule has 0 aromatic rings. The molecule has 0 fully saturated rings. The minimum Gasteiger partial charge on any atom is -0.502 e. The summed E-state index contributed by atoms with van der Waals surface area (Å²) in [5.41, 5.74) is 0. The van der Waals surface area contributed by atoms with Gasteiger partial charge in [0.15, 0.2) is 0 Å². The number of ether oxygens (including phenoxy) is 1. The van der Waals surface area contributed by atoms with Crippen molar-refractivity contribution in [2.75, 3.05) is 6.61 Å². The Morgan fingerprint density at radius 2 is 2.11 bits per heavy atom. The largest absolute Gasteiger partial charge is 0.502 e. The molecule has 0 spiro atoms. The van der Waals surface area contributed by atoms with Gasteiger partial charge in [-0.15, -0.1) is 0 Å². The summed E-state index contributed by atoms with van der Waals surface area (Å²) in [5, 5.41) is 0. The van der Waals surface area contributed by atoms with E-state index in [2.05, 4.69) is 13.8 Å². The Morgan fingerprint density at radius 1 is 1.33 bits per heavy atom. The number of unbranched alkanes of at least 4 members (excludes halogenated alkanes) is 1. The molecule has 0 N–H and O–H groups in total. The summed E-state index contributed by atoms with van der Waals surface area (Å²) in [7, 11) is 0. The Hall–Kier alpha value is -0.460. The van der Waals surface area contributed by atoms with Gasteiger partial charge in [-0.2, -0.15) is 0 Å². The molecule has 9 heavy (non-hydrogen) atoms. The van der Waals surface area contributed by atoms with Crippen molar-refractivity contribution >= 4 is 0 Å². The molecular weight excluding hydrogens is 112 g/mol. The van der Waals surface area contributed by atoms with Crippen LogP contribution in [-0.2, 0) is 4.74 Å². The van der Waals surface area contributed by atoms with Crippen LogP contribution in [0.25, 0.3) is 0 Å². The Balaban J connectivity index is 2.82. The molecule has 1 nitrogen and oxygen atoms in total. The first kappa shape index (κ1) is 8.54. The van der Waals surface area contributed by atoms with Crippen molar-refractivity contribution in [3.05, 3.63) is 12.3 Å². The van der Waals surface area contributed by atoms with Crippen LogP contribution in [0.15, 0.2) is 12.3 Å². The second kappa shape index (κ2) is 7.54. The van der Waals surface area contributed by atoms with Crippen LogP contribution in [0.4, 0.5) is 0 Å². The average molecular weight is 128 g/mol. The molecule has 54 valence electrons. The fourth-order valence-corrected chi connectivity index (χ4v) is 0.460. The van der Waals surface area contributed by atoms with Crippen molar-refractivity contribution in [1.29, 1.82) is 0 Å². The first-order valence-corrected chi connectivity index (χ1v) is 3.68. The highest BCUT2D eigenvalue weighted by atomic mass is 16.5. The minimum atomic E-state index is 0.868. The predicted molar refractivity (Wildman–Crippen MR) is 40.3 cm³/mol. The molecule has 0 bridgehead atoms. The third-order valence-corrected chi connectivity index (χ3v) is 1.04. The fraction of sp³-hybridized carbons (Fsp3) is 0.750. The number of rotatable bonds is 5. The maximum absolute atomic E-state index is 5.13. The smallest absolute Gasteiger partial charge is 0.0873 e. The normalized spacial score (nSPS) is 10.4. The van der Waals surface area contributed by atoms with Gasteiger partial charge in [0.25, 0.3) is 0 Å². The summed E-state index contributed by atoms with van der Waals surface area (Å²) >= 11 is 0. The Bertz CT molecular complexity index is 67.0. The van der Waals surface area contributed by atoms with E-state index in [-0.39, 0.29) is 0 Å². The van der Waals surface area contributed by atoms with Crippen LogP contribution in [0.3, 0.4) is 0 Å². The van der Waals surface area contributed by atoms with Crippen molar-refractivity contribution < 1.29 is 4.74 Å². The summed E-state index contributed by atoms with van der Waals surface area (Å²) < 4.78 is 5.13. The van der Waals surface area contributed by atoms with Crippen LogP contribution >= 0.6 is 0 Å². The van der Waals surface area contributed by atoms with Crippen molar-refractivity contribution in [2.24, 2.45) is 0 Å². The quantitative estimate of drug-likeness (QED) is 0.408. The molecule has 0 aliphatic rings.